The zero-order valence-electron chi connectivity index (χ0n) is 13.1. The zero-order valence-corrected chi connectivity index (χ0v) is 14.0. The molecule has 2 rings (SSSR count). The van der Waals surface area contributed by atoms with Crippen LogP contribution in [0.4, 0.5) is 9.18 Å². The van der Waals surface area contributed by atoms with Crippen molar-refractivity contribution < 1.29 is 22.6 Å². The average molecular weight is 321 g/mol. The third-order valence-corrected chi connectivity index (χ3v) is 6.31. The summed E-state index contributed by atoms with van der Waals surface area (Å²) in [5.41, 5.74) is 0.0901. The first kappa shape index (κ1) is 16.8. The quantitative estimate of drug-likeness (QED) is 0.456. The van der Waals surface area contributed by atoms with E-state index in [9.17, 15) is 13.7 Å². The largest absolute Gasteiger partial charge is 0.563 e. The maximum Gasteiger partial charge on any atom is 0.470 e. The van der Waals surface area contributed by atoms with Crippen molar-refractivity contribution in [2.45, 2.75) is 45.2 Å². The molecule has 1 heterocycles. The molecule has 122 valence electrons. The Balaban J connectivity index is 1.86. The van der Waals surface area contributed by atoms with Gasteiger partial charge in [0.2, 0.25) is 0 Å². The number of hydrogen-bond acceptors (Lipinski definition) is 3. The Hall–Kier alpha value is -0.530. The first-order valence-corrected chi connectivity index (χ1v) is 8.91. The van der Waals surface area contributed by atoms with Crippen LogP contribution in [0, 0.1) is 5.41 Å². The van der Waals surface area contributed by atoms with Gasteiger partial charge in [0.25, 0.3) is 0 Å². The lowest BCUT2D eigenvalue weighted by Gasteiger charge is -2.39. The SMILES string of the molecule is CC[S@@+]([O-])[N+](C)(C)OC(=O)N1CCC2(CCC(F)C2)CC1. The van der Waals surface area contributed by atoms with E-state index in [0.29, 0.717) is 31.7 Å². The van der Waals surface area contributed by atoms with Crippen LogP contribution in [-0.4, -0.2) is 58.7 Å². The number of halogens is 1. The van der Waals surface area contributed by atoms with Crippen molar-refractivity contribution in [1.82, 2.24) is 4.90 Å². The van der Waals surface area contributed by atoms with E-state index in [1.807, 2.05) is 0 Å². The van der Waals surface area contributed by atoms with Crippen LogP contribution in [0.1, 0.15) is 39.0 Å². The summed E-state index contributed by atoms with van der Waals surface area (Å²) >= 11 is -1.26. The number of hydroxylamine groups is 2. The predicted octanol–water partition coefficient (Wildman–Crippen LogP) is 2.40. The number of piperidine rings is 1. The topological polar surface area (TPSA) is 52.6 Å². The molecule has 0 aromatic heterocycles. The molecule has 0 bridgehead atoms. The summed E-state index contributed by atoms with van der Waals surface area (Å²) in [5.74, 6) is 0.432. The highest BCUT2D eigenvalue weighted by Crippen LogP contribution is 2.47. The van der Waals surface area contributed by atoms with Gasteiger partial charge in [-0.2, -0.15) is 0 Å². The van der Waals surface area contributed by atoms with Crippen molar-refractivity contribution in [3.8, 4) is 0 Å². The molecular formula is C14H26FN2O3S+. The molecule has 0 aromatic rings. The van der Waals surface area contributed by atoms with Gasteiger partial charge in [0.05, 0.1) is 0 Å². The number of alkyl halides is 1. The number of rotatable bonds is 3. The van der Waals surface area contributed by atoms with E-state index in [1.54, 1.807) is 25.9 Å². The summed E-state index contributed by atoms with van der Waals surface area (Å²) in [6, 6.07) is 0. The third kappa shape index (κ3) is 3.81. The highest BCUT2D eigenvalue weighted by molar-refractivity contribution is 7.85. The summed E-state index contributed by atoms with van der Waals surface area (Å²) in [4.78, 5) is 19.2. The summed E-state index contributed by atoms with van der Waals surface area (Å²) in [6.45, 7) is 3.00. The van der Waals surface area contributed by atoms with Gasteiger partial charge in [0.15, 0.2) is 31.2 Å². The van der Waals surface area contributed by atoms with Crippen LogP contribution < -0.4 is 0 Å². The Bertz CT molecular complexity index is 386. The minimum Gasteiger partial charge on any atom is -0.563 e. The molecule has 1 spiro atoms. The number of nitrogens with zero attached hydrogens (tertiary/aromatic N) is 2. The van der Waals surface area contributed by atoms with E-state index >= 15 is 0 Å². The normalized spacial score (nSPS) is 26.9. The molecular weight excluding hydrogens is 295 g/mol. The first-order chi connectivity index (χ1) is 9.78. The van der Waals surface area contributed by atoms with Crippen LogP contribution in [0.15, 0.2) is 0 Å². The second-order valence-corrected chi connectivity index (χ2v) is 8.65. The first-order valence-electron chi connectivity index (χ1n) is 7.64. The molecule has 5 nitrogen and oxygen atoms in total. The number of likely N-dealkylation sites (tertiary alicyclic amines) is 1. The molecule has 1 aliphatic carbocycles. The molecule has 2 aliphatic rings. The fourth-order valence-corrected chi connectivity index (χ4v) is 4.12. The number of quaternary nitrogens is 1. The highest BCUT2D eigenvalue weighted by atomic mass is 32.2. The Labute approximate surface area is 129 Å². The standard InChI is InChI=1S/C14H26FN2O3S/c1-4-21(19)17(2,3)20-13(18)16-9-7-14(8-10-16)6-5-12(15)11-14/h12H,4-11H2,1-3H3/q+1/t12?,21-/m1/s1. The fourth-order valence-electron chi connectivity index (χ4n) is 3.35. The Kier molecular flexibility index (Phi) is 5.05. The molecule has 1 aliphatic heterocycles. The van der Waals surface area contributed by atoms with Crippen LogP contribution in [0.5, 0.6) is 0 Å². The van der Waals surface area contributed by atoms with Crippen molar-refractivity contribution in [3.63, 3.8) is 0 Å². The highest BCUT2D eigenvalue weighted by Gasteiger charge is 2.44. The Morgan fingerprint density at radius 2 is 2.05 bits per heavy atom. The molecule has 1 unspecified atom stereocenters. The van der Waals surface area contributed by atoms with Gasteiger partial charge in [0.1, 0.15) is 6.17 Å². The lowest BCUT2D eigenvalue weighted by atomic mass is 9.77. The van der Waals surface area contributed by atoms with Gasteiger partial charge in [0, 0.05) is 17.1 Å². The molecule has 0 N–H and O–H groups in total. The van der Waals surface area contributed by atoms with E-state index in [1.165, 1.54) is 0 Å². The van der Waals surface area contributed by atoms with Crippen molar-refractivity contribution in [3.05, 3.63) is 0 Å². The van der Waals surface area contributed by atoms with Gasteiger partial charge >= 0.3 is 6.09 Å². The van der Waals surface area contributed by atoms with Crippen LogP contribution in [0.2, 0.25) is 0 Å². The second kappa shape index (κ2) is 6.30. The zero-order chi connectivity index (χ0) is 15.7. The van der Waals surface area contributed by atoms with Crippen LogP contribution >= 0.6 is 0 Å². The van der Waals surface area contributed by atoms with E-state index in [4.69, 9.17) is 4.84 Å². The summed E-state index contributed by atoms with van der Waals surface area (Å²) < 4.78 is 25.0. The maximum atomic E-state index is 13.4. The molecule has 0 radical (unpaired) electrons. The van der Waals surface area contributed by atoms with Crippen LogP contribution in [0.25, 0.3) is 0 Å². The molecule has 21 heavy (non-hydrogen) atoms. The summed E-state index contributed by atoms with van der Waals surface area (Å²) in [6.07, 6.45) is 2.80. The van der Waals surface area contributed by atoms with Crippen molar-refractivity contribution in [2.75, 3.05) is 32.9 Å². The molecule has 2 atom stereocenters. The molecule has 1 saturated heterocycles. The van der Waals surface area contributed by atoms with E-state index < -0.39 is 23.6 Å². The minimum absolute atomic E-state index is 0.0901. The van der Waals surface area contributed by atoms with Crippen molar-refractivity contribution in [1.29, 1.82) is 0 Å². The van der Waals surface area contributed by atoms with Crippen molar-refractivity contribution >= 4 is 17.5 Å². The fraction of sp³-hybridized carbons (Fsp3) is 0.929. The molecule has 0 aromatic carbocycles. The molecule has 2 fully saturated rings. The van der Waals surface area contributed by atoms with Gasteiger partial charge < -0.3 is 9.45 Å². The third-order valence-electron chi connectivity index (χ3n) is 4.76. The van der Waals surface area contributed by atoms with Crippen LogP contribution in [-0.2, 0) is 16.2 Å². The minimum atomic E-state index is -1.26. The lowest BCUT2D eigenvalue weighted by molar-refractivity contribution is -0.954. The lowest BCUT2D eigenvalue weighted by Crippen LogP contribution is -2.52. The van der Waals surface area contributed by atoms with Gasteiger partial charge in [-0.05, 0) is 44.4 Å². The number of amides is 1. The number of hydrogen-bond donors (Lipinski definition) is 0. The molecule has 7 heteroatoms. The Morgan fingerprint density at radius 1 is 1.43 bits per heavy atom. The van der Waals surface area contributed by atoms with Gasteiger partial charge in [-0.25, -0.2) is 14.0 Å². The molecule has 1 saturated carbocycles. The van der Waals surface area contributed by atoms with Gasteiger partial charge in [-0.1, -0.05) is 0 Å². The Morgan fingerprint density at radius 3 is 2.52 bits per heavy atom. The predicted molar refractivity (Wildman–Crippen MR) is 79.3 cm³/mol. The smallest absolute Gasteiger partial charge is 0.470 e. The van der Waals surface area contributed by atoms with Crippen LogP contribution in [0.3, 0.4) is 0 Å². The van der Waals surface area contributed by atoms with Crippen molar-refractivity contribution in [2.24, 2.45) is 5.41 Å². The van der Waals surface area contributed by atoms with E-state index in [2.05, 4.69) is 0 Å². The number of carbonyl (C=O) groups excluding carboxylic acids is 1. The maximum absolute atomic E-state index is 13.4. The van der Waals surface area contributed by atoms with E-state index in [-0.39, 0.29) is 9.47 Å². The summed E-state index contributed by atoms with van der Waals surface area (Å²) in [5, 5.41) is 0. The second-order valence-electron chi connectivity index (χ2n) is 6.55. The summed E-state index contributed by atoms with van der Waals surface area (Å²) in [7, 11) is 3.24. The molecule has 1 amide bonds. The van der Waals surface area contributed by atoms with Gasteiger partial charge in [-0.3, -0.25) is 0 Å². The van der Waals surface area contributed by atoms with Gasteiger partial charge in [-0.15, -0.1) is 0 Å². The number of carbonyl (C=O) groups is 1. The monoisotopic (exact) mass is 321 g/mol. The van der Waals surface area contributed by atoms with E-state index in [0.717, 1.165) is 19.3 Å². The average Bonchev–Trinajstić information content (AvgIpc) is 2.79.